The fourth-order valence-corrected chi connectivity index (χ4v) is 4.01. The van der Waals surface area contributed by atoms with Crippen molar-refractivity contribution in [2.45, 2.75) is 46.6 Å². The van der Waals surface area contributed by atoms with Crippen LogP contribution in [-0.2, 0) is 11.3 Å². The van der Waals surface area contributed by atoms with E-state index in [1.807, 2.05) is 0 Å². The van der Waals surface area contributed by atoms with Gasteiger partial charge < -0.3 is 4.57 Å². The van der Waals surface area contributed by atoms with Gasteiger partial charge in [-0.1, -0.05) is 26.8 Å². The Kier molecular flexibility index (Phi) is 3.46. The second-order valence-corrected chi connectivity index (χ2v) is 7.25. The maximum atomic E-state index is 12.0. The summed E-state index contributed by atoms with van der Waals surface area (Å²) in [5.41, 5.74) is 3.88. The monoisotopic (exact) mass is 301 g/mol. The Bertz CT molecular complexity index is 689. The molecule has 0 radical (unpaired) electrons. The fraction of sp³-hybridized carbons (Fsp3) is 0.588. The summed E-state index contributed by atoms with van der Waals surface area (Å²) >= 11 is 0. The van der Waals surface area contributed by atoms with Crippen molar-refractivity contribution in [1.29, 1.82) is 0 Å². The maximum Gasteiger partial charge on any atom is 0.260 e. The molecule has 2 aliphatic carbocycles. The van der Waals surface area contributed by atoms with Gasteiger partial charge in [0.1, 0.15) is 6.54 Å². The molecule has 2 bridgehead atoms. The molecule has 1 amide bonds. The number of pyridine rings is 1. The van der Waals surface area contributed by atoms with Gasteiger partial charge in [-0.05, 0) is 36.7 Å². The van der Waals surface area contributed by atoms with E-state index in [-0.39, 0.29) is 28.8 Å². The molecule has 1 aromatic rings. The van der Waals surface area contributed by atoms with Gasteiger partial charge in [0.25, 0.3) is 11.5 Å². The Hall–Kier alpha value is -1.91. The van der Waals surface area contributed by atoms with Crippen molar-refractivity contribution in [3.8, 4) is 0 Å². The molecule has 118 valence electrons. The average Bonchev–Trinajstić information content (AvgIpc) is 2.80. The number of aromatic nitrogens is 1. The molecule has 1 N–H and O–H groups in total. The number of carbonyl (C=O) groups excluding carboxylic acids is 1. The summed E-state index contributed by atoms with van der Waals surface area (Å²) in [6.45, 7) is 6.86. The van der Waals surface area contributed by atoms with Crippen molar-refractivity contribution in [2.24, 2.45) is 21.8 Å². The lowest BCUT2D eigenvalue weighted by molar-refractivity contribution is -0.121. The number of rotatable bonds is 3. The van der Waals surface area contributed by atoms with Crippen LogP contribution in [0, 0.1) is 16.7 Å². The van der Waals surface area contributed by atoms with Crippen LogP contribution in [0.25, 0.3) is 0 Å². The largest absolute Gasteiger partial charge is 0.306 e. The molecule has 0 spiro atoms. The van der Waals surface area contributed by atoms with Crippen molar-refractivity contribution in [2.75, 3.05) is 0 Å². The van der Waals surface area contributed by atoms with Gasteiger partial charge in [-0.2, -0.15) is 5.10 Å². The lowest BCUT2D eigenvalue weighted by atomic mass is 9.70. The number of hydrogen-bond acceptors (Lipinski definition) is 3. The van der Waals surface area contributed by atoms with Gasteiger partial charge in [-0.15, -0.1) is 0 Å². The zero-order valence-corrected chi connectivity index (χ0v) is 13.4. The first-order chi connectivity index (χ1) is 10.3. The summed E-state index contributed by atoms with van der Waals surface area (Å²) in [6, 6.07) is 4.84. The van der Waals surface area contributed by atoms with Crippen LogP contribution >= 0.6 is 0 Å². The summed E-state index contributed by atoms with van der Waals surface area (Å²) in [7, 11) is 0. The van der Waals surface area contributed by atoms with Gasteiger partial charge >= 0.3 is 0 Å². The van der Waals surface area contributed by atoms with E-state index in [4.69, 9.17) is 0 Å². The van der Waals surface area contributed by atoms with Gasteiger partial charge in [0.2, 0.25) is 0 Å². The van der Waals surface area contributed by atoms with Crippen molar-refractivity contribution in [1.82, 2.24) is 9.99 Å². The predicted molar refractivity (Wildman–Crippen MR) is 85.5 cm³/mol. The molecule has 2 fully saturated rings. The van der Waals surface area contributed by atoms with Crippen LogP contribution < -0.4 is 11.0 Å². The maximum absolute atomic E-state index is 12.0. The van der Waals surface area contributed by atoms with Gasteiger partial charge in [0.05, 0.1) is 0 Å². The summed E-state index contributed by atoms with van der Waals surface area (Å²) in [5.74, 6) is 0.398. The standard InChI is InChI=1S/C17H23N3O2/c1-16(2)12-7-8-17(16,3)13(10-12)18-19-14(21)11-20-9-5-4-6-15(20)22/h4-6,9,12H,7-8,10-11H2,1-3H3,(H,19,21). The molecular formula is C17H23N3O2. The Morgan fingerprint density at radius 1 is 1.41 bits per heavy atom. The summed E-state index contributed by atoms with van der Waals surface area (Å²) in [4.78, 5) is 23.6. The first-order valence-electron chi connectivity index (χ1n) is 7.86. The summed E-state index contributed by atoms with van der Waals surface area (Å²) < 4.78 is 1.38. The molecule has 0 saturated heterocycles. The Balaban J connectivity index is 1.69. The molecule has 5 nitrogen and oxygen atoms in total. The van der Waals surface area contributed by atoms with Crippen LogP contribution in [-0.4, -0.2) is 16.2 Å². The van der Waals surface area contributed by atoms with Crippen molar-refractivity contribution < 1.29 is 4.79 Å². The first kappa shape index (κ1) is 15.0. The molecule has 1 heterocycles. The Morgan fingerprint density at radius 2 is 2.18 bits per heavy atom. The predicted octanol–water partition coefficient (Wildman–Crippen LogP) is 2.17. The number of hydrazone groups is 1. The van der Waals surface area contributed by atoms with Gasteiger partial charge in [-0.25, -0.2) is 5.43 Å². The van der Waals surface area contributed by atoms with E-state index in [0.717, 1.165) is 18.6 Å². The minimum absolute atomic E-state index is 0.0000109. The molecule has 2 unspecified atom stereocenters. The van der Waals surface area contributed by atoms with E-state index in [9.17, 15) is 9.59 Å². The minimum atomic E-state index is -0.259. The smallest absolute Gasteiger partial charge is 0.260 e. The molecular weight excluding hydrogens is 278 g/mol. The van der Waals surface area contributed by atoms with Crippen molar-refractivity contribution in [3.63, 3.8) is 0 Å². The Labute approximate surface area is 130 Å². The lowest BCUT2D eigenvalue weighted by Crippen LogP contribution is -2.35. The number of amides is 1. The zero-order chi connectivity index (χ0) is 16.0. The molecule has 2 atom stereocenters. The van der Waals surface area contributed by atoms with E-state index in [2.05, 4.69) is 31.3 Å². The van der Waals surface area contributed by atoms with E-state index >= 15 is 0 Å². The molecule has 0 aromatic carbocycles. The molecule has 1 aromatic heterocycles. The van der Waals surface area contributed by atoms with Crippen molar-refractivity contribution >= 4 is 11.6 Å². The van der Waals surface area contributed by atoms with E-state index in [0.29, 0.717) is 5.92 Å². The highest BCUT2D eigenvalue weighted by molar-refractivity contribution is 5.95. The molecule has 3 rings (SSSR count). The highest BCUT2D eigenvalue weighted by atomic mass is 16.2. The molecule has 5 heteroatoms. The SMILES string of the molecule is CC12CCC(CC1=NNC(=O)Cn1ccccc1=O)C2(C)C. The van der Waals surface area contributed by atoms with E-state index in [1.165, 1.54) is 17.1 Å². The highest BCUT2D eigenvalue weighted by Gasteiger charge is 2.59. The number of nitrogens with one attached hydrogen (secondary N) is 1. The Morgan fingerprint density at radius 3 is 2.77 bits per heavy atom. The summed E-state index contributed by atoms with van der Waals surface area (Å²) in [6.07, 6.45) is 4.96. The third kappa shape index (κ3) is 2.19. The van der Waals surface area contributed by atoms with Crippen molar-refractivity contribution in [3.05, 3.63) is 34.7 Å². The first-order valence-corrected chi connectivity index (χ1v) is 7.86. The lowest BCUT2D eigenvalue weighted by Gasteiger charge is -2.34. The minimum Gasteiger partial charge on any atom is -0.306 e. The third-order valence-electron chi connectivity index (χ3n) is 6.04. The van der Waals surface area contributed by atoms with Crippen LogP contribution in [0.15, 0.2) is 34.3 Å². The van der Waals surface area contributed by atoms with Gasteiger partial charge in [0.15, 0.2) is 0 Å². The highest BCUT2D eigenvalue weighted by Crippen LogP contribution is 2.63. The van der Waals surface area contributed by atoms with Crippen LogP contribution in [0.1, 0.15) is 40.0 Å². The van der Waals surface area contributed by atoms with Crippen LogP contribution in [0.5, 0.6) is 0 Å². The second kappa shape index (κ2) is 5.07. The molecule has 2 aliphatic rings. The van der Waals surface area contributed by atoms with Crippen LogP contribution in [0.2, 0.25) is 0 Å². The van der Waals surface area contributed by atoms with Gasteiger partial charge in [-0.3, -0.25) is 9.59 Å². The van der Waals surface area contributed by atoms with Gasteiger partial charge in [0, 0.05) is 23.4 Å². The van der Waals surface area contributed by atoms with Crippen LogP contribution in [0.3, 0.4) is 0 Å². The fourth-order valence-electron chi connectivity index (χ4n) is 4.01. The third-order valence-corrected chi connectivity index (χ3v) is 6.04. The quantitative estimate of drug-likeness (QED) is 0.870. The molecule has 2 saturated carbocycles. The van der Waals surface area contributed by atoms with E-state index < -0.39 is 0 Å². The topological polar surface area (TPSA) is 63.5 Å². The number of hydrogen-bond donors (Lipinski definition) is 1. The number of fused-ring (bicyclic) bond motifs is 2. The average molecular weight is 301 g/mol. The molecule has 0 aliphatic heterocycles. The summed E-state index contributed by atoms with van der Waals surface area (Å²) in [5, 5.41) is 4.40. The second-order valence-electron chi connectivity index (χ2n) is 7.25. The number of carbonyl (C=O) groups is 1. The molecule has 22 heavy (non-hydrogen) atoms. The zero-order valence-electron chi connectivity index (χ0n) is 13.4. The van der Waals surface area contributed by atoms with Crippen LogP contribution in [0.4, 0.5) is 0 Å². The normalized spacial score (nSPS) is 30.7. The number of nitrogens with zero attached hydrogens (tertiary/aromatic N) is 2. The van der Waals surface area contributed by atoms with E-state index in [1.54, 1.807) is 18.3 Å².